The fourth-order valence-corrected chi connectivity index (χ4v) is 2.93. The van der Waals surface area contributed by atoms with E-state index in [1.54, 1.807) is 0 Å². The van der Waals surface area contributed by atoms with Crippen molar-refractivity contribution in [2.24, 2.45) is 11.8 Å². The lowest BCUT2D eigenvalue weighted by Crippen LogP contribution is -2.33. The Kier molecular flexibility index (Phi) is 16.4. The molecule has 4 heteroatoms. The van der Waals surface area contributed by atoms with Gasteiger partial charge < -0.3 is 14.9 Å². The minimum atomic E-state index is -0.804. The summed E-state index contributed by atoms with van der Waals surface area (Å²) < 4.78 is 5.13. The predicted octanol–water partition coefficient (Wildman–Crippen LogP) is 4.86. The summed E-state index contributed by atoms with van der Waals surface area (Å²) in [5.41, 5.74) is 0. The van der Waals surface area contributed by atoms with E-state index in [-0.39, 0.29) is 12.5 Å². The van der Waals surface area contributed by atoms with Gasteiger partial charge in [-0.25, -0.2) is 0 Å². The van der Waals surface area contributed by atoms with Gasteiger partial charge in [-0.1, -0.05) is 91.4 Å². The van der Waals surface area contributed by atoms with Crippen LogP contribution in [0, 0.1) is 11.8 Å². The molecular formula is C21H42O4. The third-order valence-electron chi connectivity index (χ3n) is 4.63. The van der Waals surface area contributed by atoms with E-state index in [1.165, 1.54) is 57.8 Å². The van der Waals surface area contributed by atoms with Crippen LogP contribution < -0.4 is 0 Å². The summed E-state index contributed by atoms with van der Waals surface area (Å²) in [5.74, 6) is -1.03. The largest absolute Gasteiger partial charge is 0.465 e. The monoisotopic (exact) mass is 358 g/mol. The van der Waals surface area contributed by atoms with Gasteiger partial charge in [0.15, 0.2) is 0 Å². The number of ether oxygens (including phenoxy) is 1. The number of unbranched alkanes of at least 4 members (excludes halogenated alkanes) is 10. The van der Waals surface area contributed by atoms with E-state index < -0.39 is 18.0 Å². The van der Waals surface area contributed by atoms with E-state index in [9.17, 15) is 15.0 Å². The maximum absolute atomic E-state index is 11.9. The average molecular weight is 359 g/mol. The van der Waals surface area contributed by atoms with Crippen LogP contribution in [-0.2, 0) is 9.53 Å². The summed E-state index contributed by atoms with van der Waals surface area (Å²) in [6.45, 7) is 6.15. The van der Waals surface area contributed by atoms with Crippen LogP contribution in [0.15, 0.2) is 0 Å². The molecule has 0 bridgehead atoms. The number of rotatable bonds is 17. The van der Waals surface area contributed by atoms with Crippen LogP contribution in [0.3, 0.4) is 0 Å². The first-order valence-electron chi connectivity index (χ1n) is 10.5. The van der Waals surface area contributed by atoms with Crippen molar-refractivity contribution in [2.45, 2.75) is 104 Å². The normalized spacial score (nSPS) is 13.8. The second-order valence-electron chi connectivity index (χ2n) is 7.70. The van der Waals surface area contributed by atoms with E-state index >= 15 is 0 Å². The SMILES string of the molecule is CCCCCCCCCCCCCC(O)C(CO)C(=O)OCC(C)C. The Hall–Kier alpha value is -0.610. The lowest BCUT2D eigenvalue weighted by Gasteiger charge is -2.20. The van der Waals surface area contributed by atoms with Crippen LogP contribution in [0.1, 0.15) is 97.8 Å². The first-order valence-corrected chi connectivity index (χ1v) is 10.5. The Morgan fingerprint density at radius 1 is 0.880 bits per heavy atom. The summed E-state index contributed by atoms with van der Waals surface area (Å²) in [5, 5.41) is 19.5. The van der Waals surface area contributed by atoms with Gasteiger partial charge in [0, 0.05) is 0 Å². The van der Waals surface area contributed by atoms with Gasteiger partial charge in [0.2, 0.25) is 0 Å². The molecular weight excluding hydrogens is 316 g/mol. The second-order valence-corrected chi connectivity index (χ2v) is 7.70. The number of hydrogen-bond donors (Lipinski definition) is 2. The highest BCUT2D eigenvalue weighted by atomic mass is 16.5. The molecule has 0 aliphatic rings. The fourth-order valence-electron chi connectivity index (χ4n) is 2.93. The molecule has 0 amide bonds. The Morgan fingerprint density at radius 2 is 1.36 bits per heavy atom. The maximum Gasteiger partial charge on any atom is 0.313 e. The Morgan fingerprint density at radius 3 is 1.80 bits per heavy atom. The van der Waals surface area contributed by atoms with Crippen molar-refractivity contribution in [3.63, 3.8) is 0 Å². The van der Waals surface area contributed by atoms with Crippen molar-refractivity contribution in [2.75, 3.05) is 13.2 Å². The lowest BCUT2D eigenvalue weighted by molar-refractivity contribution is -0.155. The molecule has 25 heavy (non-hydrogen) atoms. The summed E-state index contributed by atoms with van der Waals surface area (Å²) in [6.07, 6.45) is 13.6. The van der Waals surface area contributed by atoms with E-state index in [2.05, 4.69) is 6.92 Å². The molecule has 0 heterocycles. The van der Waals surface area contributed by atoms with Gasteiger partial charge in [0.1, 0.15) is 5.92 Å². The van der Waals surface area contributed by atoms with E-state index in [0.717, 1.165) is 12.8 Å². The van der Waals surface area contributed by atoms with Gasteiger partial charge in [0.25, 0.3) is 0 Å². The van der Waals surface area contributed by atoms with Crippen LogP contribution >= 0.6 is 0 Å². The Labute approximate surface area is 155 Å². The van der Waals surface area contributed by atoms with Crippen molar-refractivity contribution >= 4 is 5.97 Å². The highest BCUT2D eigenvalue weighted by Gasteiger charge is 2.27. The molecule has 0 aliphatic carbocycles. The van der Waals surface area contributed by atoms with Gasteiger partial charge in [-0.15, -0.1) is 0 Å². The van der Waals surface area contributed by atoms with Crippen LogP contribution in [0.25, 0.3) is 0 Å². The molecule has 0 radical (unpaired) electrons. The number of aliphatic hydroxyl groups excluding tert-OH is 2. The molecule has 0 saturated heterocycles. The molecule has 0 spiro atoms. The van der Waals surface area contributed by atoms with Crippen LogP contribution in [-0.4, -0.2) is 35.5 Å². The van der Waals surface area contributed by atoms with Gasteiger partial charge in [-0.05, 0) is 12.3 Å². The third kappa shape index (κ3) is 14.3. The Balaban J connectivity index is 3.63. The number of esters is 1. The van der Waals surface area contributed by atoms with E-state index in [4.69, 9.17) is 4.74 Å². The molecule has 2 atom stereocenters. The Bertz CT molecular complexity index is 304. The minimum absolute atomic E-state index is 0.257. The van der Waals surface area contributed by atoms with Gasteiger partial charge in [-0.2, -0.15) is 0 Å². The van der Waals surface area contributed by atoms with E-state index in [1.807, 2.05) is 13.8 Å². The van der Waals surface area contributed by atoms with Gasteiger partial charge >= 0.3 is 5.97 Å². The highest BCUT2D eigenvalue weighted by molar-refractivity contribution is 5.73. The number of carbonyl (C=O) groups is 1. The molecule has 0 fully saturated rings. The summed E-state index contributed by atoms with van der Waals surface area (Å²) in [4.78, 5) is 11.9. The van der Waals surface area contributed by atoms with E-state index in [0.29, 0.717) is 13.0 Å². The molecule has 0 aliphatic heterocycles. The standard InChI is InChI=1S/C21H42O4/c1-4-5-6-7-8-9-10-11-12-13-14-15-20(23)19(16-22)21(24)25-17-18(2)3/h18-20,22-23H,4-17H2,1-3H3. The highest BCUT2D eigenvalue weighted by Crippen LogP contribution is 2.16. The smallest absolute Gasteiger partial charge is 0.313 e. The molecule has 2 unspecified atom stereocenters. The number of hydrogen-bond acceptors (Lipinski definition) is 4. The summed E-state index contributed by atoms with van der Waals surface area (Å²) >= 11 is 0. The summed E-state index contributed by atoms with van der Waals surface area (Å²) in [6, 6.07) is 0. The minimum Gasteiger partial charge on any atom is -0.465 e. The third-order valence-corrected chi connectivity index (χ3v) is 4.63. The van der Waals surface area contributed by atoms with Crippen LogP contribution in [0.5, 0.6) is 0 Å². The van der Waals surface area contributed by atoms with Gasteiger partial charge in [0.05, 0.1) is 19.3 Å². The molecule has 2 N–H and O–H groups in total. The number of aliphatic hydroxyl groups is 2. The van der Waals surface area contributed by atoms with Crippen molar-refractivity contribution in [3.8, 4) is 0 Å². The number of carbonyl (C=O) groups excluding carboxylic acids is 1. The lowest BCUT2D eigenvalue weighted by atomic mass is 9.97. The molecule has 0 aromatic heterocycles. The molecule has 4 nitrogen and oxygen atoms in total. The van der Waals surface area contributed by atoms with Crippen molar-refractivity contribution in [1.29, 1.82) is 0 Å². The van der Waals surface area contributed by atoms with Crippen molar-refractivity contribution in [1.82, 2.24) is 0 Å². The van der Waals surface area contributed by atoms with Crippen molar-refractivity contribution < 1.29 is 19.7 Å². The maximum atomic E-state index is 11.9. The summed E-state index contributed by atoms with van der Waals surface area (Å²) in [7, 11) is 0. The average Bonchev–Trinajstić information content (AvgIpc) is 2.58. The molecule has 0 aromatic carbocycles. The first kappa shape index (κ1) is 24.4. The predicted molar refractivity (Wildman–Crippen MR) is 103 cm³/mol. The van der Waals surface area contributed by atoms with Crippen molar-refractivity contribution in [3.05, 3.63) is 0 Å². The zero-order chi connectivity index (χ0) is 18.9. The molecule has 0 rings (SSSR count). The first-order chi connectivity index (χ1) is 12.0. The quantitative estimate of drug-likeness (QED) is 0.288. The van der Waals surface area contributed by atoms with Crippen LogP contribution in [0.2, 0.25) is 0 Å². The molecule has 150 valence electrons. The van der Waals surface area contributed by atoms with Crippen LogP contribution in [0.4, 0.5) is 0 Å². The zero-order valence-electron chi connectivity index (χ0n) is 16.8. The molecule has 0 aromatic rings. The second kappa shape index (κ2) is 16.8. The zero-order valence-corrected chi connectivity index (χ0v) is 16.8. The fraction of sp³-hybridized carbons (Fsp3) is 0.952. The van der Waals surface area contributed by atoms with Gasteiger partial charge in [-0.3, -0.25) is 4.79 Å². The molecule has 0 saturated carbocycles. The topological polar surface area (TPSA) is 66.8 Å².